The molecule has 3 rings (SSSR count). The average Bonchev–Trinajstić information content (AvgIpc) is 3.17. The van der Waals surface area contributed by atoms with E-state index in [1.807, 2.05) is 24.3 Å². The maximum atomic E-state index is 13.0. The number of nitrogens with one attached hydrogen (secondary N) is 2. The van der Waals surface area contributed by atoms with Gasteiger partial charge in [-0.2, -0.15) is 0 Å². The Hall–Kier alpha value is -3.48. The maximum Gasteiger partial charge on any atom is 0.336 e. The first kappa shape index (κ1) is 17.3. The normalized spacial score (nSPS) is 11.7. The van der Waals surface area contributed by atoms with E-state index >= 15 is 0 Å². The number of aromatic amines is 1. The predicted molar refractivity (Wildman–Crippen MR) is 94.5 cm³/mol. The summed E-state index contributed by atoms with van der Waals surface area (Å²) in [6, 6.07) is 11.2. The van der Waals surface area contributed by atoms with E-state index < -0.39 is 23.7 Å². The lowest BCUT2D eigenvalue weighted by Crippen LogP contribution is -2.47. The highest BCUT2D eigenvalue weighted by Gasteiger charge is 2.31. The zero-order valence-electron chi connectivity index (χ0n) is 14.1. The number of imidazole rings is 1. The summed E-state index contributed by atoms with van der Waals surface area (Å²) in [5, 5.41) is 4.03. The maximum absolute atomic E-state index is 13.0. The number of fused-ring (bicyclic) bond motifs is 1. The summed E-state index contributed by atoms with van der Waals surface area (Å²) in [5.74, 6) is -1.83. The first-order valence-corrected chi connectivity index (χ1v) is 7.96. The number of aromatic nitrogens is 2. The number of hydrogen-bond donors (Lipinski definition) is 2. The third-order valence-corrected chi connectivity index (χ3v) is 3.97. The van der Waals surface area contributed by atoms with E-state index in [-0.39, 0.29) is 6.42 Å². The summed E-state index contributed by atoms with van der Waals surface area (Å²) in [5.41, 5.74) is 0.920. The summed E-state index contributed by atoms with van der Waals surface area (Å²) >= 11 is 0. The molecule has 0 aliphatic rings. The fourth-order valence-corrected chi connectivity index (χ4v) is 2.71. The number of ether oxygens (including phenoxy) is 1. The molecule has 0 saturated heterocycles. The van der Waals surface area contributed by atoms with Gasteiger partial charge in [-0.1, -0.05) is 42.5 Å². The fourth-order valence-electron chi connectivity index (χ4n) is 2.71. The molecule has 1 heterocycles. The summed E-state index contributed by atoms with van der Waals surface area (Å²) < 4.78 is 4.71. The molecule has 132 valence electrons. The minimum Gasteiger partial charge on any atom is -0.467 e. The van der Waals surface area contributed by atoms with Gasteiger partial charge in [0.1, 0.15) is 0 Å². The molecular weight excluding hydrogens is 334 g/mol. The van der Waals surface area contributed by atoms with Crippen molar-refractivity contribution in [3.05, 3.63) is 66.2 Å². The Morgan fingerprint density at radius 2 is 1.92 bits per heavy atom. The number of ketones is 1. The Morgan fingerprint density at radius 3 is 2.65 bits per heavy atom. The number of methoxy groups -OCH3 is 1. The van der Waals surface area contributed by atoms with E-state index in [4.69, 9.17) is 4.74 Å². The van der Waals surface area contributed by atoms with Crippen LogP contribution >= 0.6 is 0 Å². The Labute approximate surface area is 149 Å². The van der Waals surface area contributed by atoms with Gasteiger partial charge in [0, 0.05) is 17.5 Å². The summed E-state index contributed by atoms with van der Waals surface area (Å²) in [6.07, 6.45) is 2.91. The van der Waals surface area contributed by atoms with Gasteiger partial charge in [0.05, 0.1) is 19.9 Å². The van der Waals surface area contributed by atoms with E-state index in [0.29, 0.717) is 16.6 Å². The highest BCUT2D eigenvalue weighted by Crippen LogP contribution is 2.20. The van der Waals surface area contributed by atoms with E-state index in [1.54, 1.807) is 18.2 Å². The molecule has 0 aliphatic carbocycles. The van der Waals surface area contributed by atoms with Crippen LogP contribution in [-0.4, -0.2) is 40.8 Å². The number of hydrogen-bond acceptors (Lipinski definition) is 5. The van der Waals surface area contributed by atoms with Crippen LogP contribution in [-0.2, 0) is 20.7 Å². The van der Waals surface area contributed by atoms with Gasteiger partial charge < -0.3 is 15.0 Å². The van der Waals surface area contributed by atoms with Crippen LogP contribution in [0.4, 0.5) is 0 Å². The minimum atomic E-state index is -1.42. The largest absolute Gasteiger partial charge is 0.467 e. The van der Waals surface area contributed by atoms with E-state index in [9.17, 15) is 14.4 Å². The third-order valence-electron chi connectivity index (χ3n) is 3.97. The summed E-state index contributed by atoms with van der Waals surface area (Å²) in [6.45, 7) is 0. The van der Waals surface area contributed by atoms with Crippen molar-refractivity contribution in [1.82, 2.24) is 15.3 Å². The quantitative estimate of drug-likeness (QED) is 0.399. The molecule has 3 aromatic rings. The van der Waals surface area contributed by atoms with Crippen LogP contribution in [0.1, 0.15) is 16.1 Å². The van der Waals surface area contributed by atoms with Crippen LogP contribution in [0, 0.1) is 0 Å². The monoisotopic (exact) mass is 351 g/mol. The fraction of sp³-hybridized carbons (Fsp3) is 0.158. The van der Waals surface area contributed by atoms with Gasteiger partial charge in [0.25, 0.3) is 0 Å². The number of amides is 1. The zero-order valence-corrected chi connectivity index (χ0v) is 14.1. The van der Waals surface area contributed by atoms with E-state index in [2.05, 4.69) is 15.3 Å². The third kappa shape index (κ3) is 3.61. The van der Waals surface area contributed by atoms with Crippen LogP contribution in [0.5, 0.6) is 0 Å². The number of H-pyrrole nitrogens is 1. The minimum absolute atomic E-state index is 0.0314. The highest BCUT2D eigenvalue weighted by molar-refractivity contribution is 6.18. The average molecular weight is 351 g/mol. The molecule has 0 bridgehead atoms. The smallest absolute Gasteiger partial charge is 0.336 e. The van der Waals surface area contributed by atoms with Crippen LogP contribution < -0.4 is 5.32 Å². The second-order valence-corrected chi connectivity index (χ2v) is 5.67. The topological polar surface area (TPSA) is 101 Å². The predicted octanol–water partition coefficient (Wildman–Crippen LogP) is 1.65. The zero-order chi connectivity index (χ0) is 18.5. The van der Waals surface area contributed by atoms with Crippen molar-refractivity contribution in [2.45, 2.75) is 12.5 Å². The lowest BCUT2D eigenvalue weighted by Gasteiger charge is -2.16. The number of esters is 1. The Bertz CT molecular complexity index is 945. The second-order valence-electron chi connectivity index (χ2n) is 5.67. The van der Waals surface area contributed by atoms with Gasteiger partial charge in [-0.15, -0.1) is 0 Å². The molecule has 1 amide bonds. The molecule has 0 radical (unpaired) electrons. The second kappa shape index (κ2) is 7.60. The van der Waals surface area contributed by atoms with Gasteiger partial charge in [-0.05, 0) is 10.8 Å². The SMILES string of the molecule is COC(=O)C(NC(=O)Cc1cnc[nH]1)C(=O)c1cccc2ccccc12. The molecule has 2 aromatic carbocycles. The van der Waals surface area contributed by atoms with Crippen molar-refractivity contribution in [3.63, 3.8) is 0 Å². The molecule has 0 saturated carbocycles. The van der Waals surface area contributed by atoms with Crippen LogP contribution in [0.2, 0.25) is 0 Å². The van der Waals surface area contributed by atoms with Crippen molar-refractivity contribution in [3.8, 4) is 0 Å². The van der Waals surface area contributed by atoms with Crippen molar-refractivity contribution in [2.75, 3.05) is 7.11 Å². The molecule has 1 aromatic heterocycles. The first-order chi connectivity index (χ1) is 12.6. The van der Waals surface area contributed by atoms with Crippen molar-refractivity contribution < 1.29 is 19.1 Å². The summed E-state index contributed by atoms with van der Waals surface area (Å²) in [4.78, 5) is 43.9. The van der Waals surface area contributed by atoms with E-state index in [1.165, 1.54) is 19.6 Å². The van der Waals surface area contributed by atoms with Gasteiger partial charge in [-0.3, -0.25) is 9.59 Å². The van der Waals surface area contributed by atoms with Crippen molar-refractivity contribution in [1.29, 1.82) is 0 Å². The lowest BCUT2D eigenvalue weighted by atomic mass is 9.97. The molecule has 1 unspecified atom stereocenters. The van der Waals surface area contributed by atoms with Crippen LogP contribution in [0.3, 0.4) is 0 Å². The Balaban J connectivity index is 1.88. The van der Waals surface area contributed by atoms with E-state index in [0.717, 1.165) is 5.39 Å². The molecule has 7 nitrogen and oxygen atoms in total. The molecule has 26 heavy (non-hydrogen) atoms. The number of benzene rings is 2. The molecular formula is C19H17N3O4. The van der Waals surface area contributed by atoms with Crippen LogP contribution in [0.15, 0.2) is 55.0 Å². The van der Waals surface area contributed by atoms with Gasteiger partial charge >= 0.3 is 5.97 Å². The number of carbonyl (C=O) groups is 3. The molecule has 0 spiro atoms. The van der Waals surface area contributed by atoms with Gasteiger partial charge in [0.2, 0.25) is 5.91 Å². The van der Waals surface area contributed by atoms with Crippen LogP contribution in [0.25, 0.3) is 10.8 Å². The standard InChI is InChI=1S/C19H17N3O4/c1-26-19(25)17(22-16(23)9-13-10-20-11-21-13)18(24)15-8-4-6-12-5-2-3-7-14(12)15/h2-8,10-11,17H,9H2,1H3,(H,20,21)(H,22,23). The lowest BCUT2D eigenvalue weighted by molar-refractivity contribution is -0.143. The van der Waals surface area contributed by atoms with Crippen molar-refractivity contribution >= 4 is 28.4 Å². The molecule has 0 fully saturated rings. The number of carbonyl (C=O) groups excluding carboxylic acids is 3. The molecule has 1 atom stereocenters. The number of rotatable bonds is 6. The molecule has 0 aliphatic heterocycles. The Kier molecular flexibility index (Phi) is 5.07. The highest BCUT2D eigenvalue weighted by atomic mass is 16.5. The molecule has 2 N–H and O–H groups in total. The van der Waals surface area contributed by atoms with Gasteiger partial charge in [-0.25, -0.2) is 9.78 Å². The first-order valence-electron chi connectivity index (χ1n) is 7.96. The number of Topliss-reactive ketones (excluding diaryl/α,β-unsaturated/α-hetero) is 1. The molecule has 7 heteroatoms. The Morgan fingerprint density at radius 1 is 1.15 bits per heavy atom. The van der Waals surface area contributed by atoms with Gasteiger partial charge in [0.15, 0.2) is 11.8 Å². The summed E-state index contributed by atoms with van der Waals surface area (Å²) in [7, 11) is 1.17. The van der Waals surface area contributed by atoms with Crippen molar-refractivity contribution in [2.24, 2.45) is 0 Å². The number of nitrogens with zero attached hydrogens (tertiary/aromatic N) is 1.